The van der Waals surface area contributed by atoms with E-state index >= 15 is 0 Å². The fourth-order valence-corrected chi connectivity index (χ4v) is 1.76. The molecule has 2 amide bonds. The first kappa shape index (κ1) is 14.2. The minimum Gasteiger partial charge on any atom is -0.345 e. The van der Waals surface area contributed by atoms with Crippen molar-refractivity contribution >= 4 is 11.8 Å². The average molecular weight is 252 g/mol. The predicted molar refractivity (Wildman–Crippen MR) is 67.6 cm³/mol. The number of amides is 2. The summed E-state index contributed by atoms with van der Waals surface area (Å²) >= 11 is 0. The summed E-state index contributed by atoms with van der Waals surface area (Å²) in [5.74, 6) is -0.265. The molecule has 0 radical (unpaired) electrons. The molecular formula is C12H20N4O2. The number of hydrogen-bond acceptors (Lipinski definition) is 3. The van der Waals surface area contributed by atoms with Gasteiger partial charge in [0.2, 0.25) is 11.8 Å². The molecule has 0 aliphatic heterocycles. The second-order valence-corrected chi connectivity index (χ2v) is 4.32. The van der Waals surface area contributed by atoms with Gasteiger partial charge in [0.25, 0.3) is 0 Å². The molecule has 0 spiro atoms. The van der Waals surface area contributed by atoms with E-state index in [9.17, 15) is 9.59 Å². The summed E-state index contributed by atoms with van der Waals surface area (Å²) in [5, 5.41) is 9.32. The smallest absolute Gasteiger partial charge is 0.245 e. The molecule has 6 nitrogen and oxygen atoms in total. The third kappa shape index (κ3) is 4.20. The van der Waals surface area contributed by atoms with Crippen LogP contribution in [0.15, 0.2) is 12.3 Å². The van der Waals surface area contributed by atoms with E-state index in [1.54, 1.807) is 18.1 Å². The number of aromatic amines is 1. The van der Waals surface area contributed by atoms with Crippen molar-refractivity contribution < 1.29 is 9.59 Å². The minimum atomic E-state index is -0.444. The van der Waals surface area contributed by atoms with Crippen LogP contribution in [0, 0.1) is 0 Å². The number of nitrogens with zero attached hydrogens (tertiary/aromatic N) is 2. The third-order valence-corrected chi connectivity index (χ3v) is 2.60. The number of likely N-dealkylation sites (N-methyl/N-ethyl adjacent to an activating group) is 1. The van der Waals surface area contributed by atoms with Gasteiger partial charge < -0.3 is 10.2 Å². The van der Waals surface area contributed by atoms with Crippen LogP contribution in [0.1, 0.15) is 32.4 Å². The Labute approximate surface area is 107 Å². The van der Waals surface area contributed by atoms with E-state index in [2.05, 4.69) is 15.5 Å². The van der Waals surface area contributed by atoms with Crippen molar-refractivity contribution in [3.63, 3.8) is 0 Å². The zero-order chi connectivity index (χ0) is 13.5. The van der Waals surface area contributed by atoms with Crippen molar-refractivity contribution in [1.82, 2.24) is 20.4 Å². The molecule has 1 atom stereocenters. The van der Waals surface area contributed by atoms with Crippen molar-refractivity contribution in [2.45, 2.75) is 39.3 Å². The van der Waals surface area contributed by atoms with Crippen molar-refractivity contribution in [2.24, 2.45) is 0 Å². The Morgan fingerprint density at radius 2 is 2.28 bits per heavy atom. The largest absolute Gasteiger partial charge is 0.345 e. The standard InChI is InChI=1S/C12H20N4O2/c1-4-5-11(14-9(2)17)12(18)16(3)8-10-6-7-13-15-10/h6-7,11H,4-5,8H2,1-3H3,(H,13,15)(H,14,17)/t11-/m0/s1. The molecule has 6 heteroatoms. The SMILES string of the molecule is CCC[C@H](NC(C)=O)C(=O)N(C)Cc1ccn[nH]1. The Kier molecular flexibility index (Phi) is 5.35. The van der Waals surface area contributed by atoms with Crippen LogP contribution in [0.2, 0.25) is 0 Å². The molecule has 0 aliphatic rings. The Balaban J connectivity index is 2.60. The van der Waals surface area contributed by atoms with Gasteiger partial charge in [-0.05, 0) is 12.5 Å². The van der Waals surface area contributed by atoms with Crippen molar-refractivity contribution in [1.29, 1.82) is 0 Å². The predicted octanol–water partition coefficient (Wildman–Crippen LogP) is 0.673. The maximum Gasteiger partial charge on any atom is 0.245 e. The normalized spacial score (nSPS) is 11.9. The molecule has 1 rings (SSSR count). The van der Waals surface area contributed by atoms with E-state index in [-0.39, 0.29) is 11.8 Å². The van der Waals surface area contributed by atoms with Gasteiger partial charge in [0.05, 0.1) is 12.2 Å². The fraction of sp³-hybridized carbons (Fsp3) is 0.583. The second kappa shape index (κ2) is 6.78. The molecule has 0 saturated carbocycles. The quantitative estimate of drug-likeness (QED) is 0.781. The second-order valence-electron chi connectivity index (χ2n) is 4.32. The van der Waals surface area contributed by atoms with Gasteiger partial charge in [-0.15, -0.1) is 0 Å². The van der Waals surface area contributed by atoms with Crippen molar-refractivity contribution in [3.05, 3.63) is 18.0 Å². The first-order valence-electron chi connectivity index (χ1n) is 6.05. The third-order valence-electron chi connectivity index (χ3n) is 2.60. The summed E-state index contributed by atoms with van der Waals surface area (Å²) in [6, 6.07) is 1.37. The number of aromatic nitrogens is 2. The molecular weight excluding hydrogens is 232 g/mol. The first-order chi connectivity index (χ1) is 8.54. The average Bonchev–Trinajstić information content (AvgIpc) is 2.79. The van der Waals surface area contributed by atoms with Gasteiger partial charge in [0, 0.05) is 20.2 Å². The lowest BCUT2D eigenvalue weighted by molar-refractivity contribution is -0.135. The molecule has 0 saturated heterocycles. The highest BCUT2D eigenvalue weighted by atomic mass is 16.2. The molecule has 1 aromatic rings. The van der Waals surface area contributed by atoms with Crippen LogP contribution < -0.4 is 5.32 Å². The van der Waals surface area contributed by atoms with E-state index in [1.165, 1.54) is 6.92 Å². The van der Waals surface area contributed by atoms with Gasteiger partial charge >= 0.3 is 0 Å². The summed E-state index contributed by atoms with van der Waals surface area (Å²) in [7, 11) is 1.72. The molecule has 1 aromatic heterocycles. The minimum absolute atomic E-state index is 0.0818. The van der Waals surface area contributed by atoms with E-state index < -0.39 is 6.04 Å². The lowest BCUT2D eigenvalue weighted by Crippen LogP contribution is -2.46. The van der Waals surface area contributed by atoms with Crippen LogP contribution in [0.4, 0.5) is 0 Å². The van der Waals surface area contributed by atoms with E-state index in [0.717, 1.165) is 12.1 Å². The fourth-order valence-electron chi connectivity index (χ4n) is 1.76. The summed E-state index contributed by atoms with van der Waals surface area (Å²) in [5.41, 5.74) is 0.865. The summed E-state index contributed by atoms with van der Waals surface area (Å²) < 4.78 is 0. The van der Waals surface area contributed by atoms with E-state index in [1.807, 2.05) is 13.0 Å². The zero-order valence-electron chi connectivity index (χ0n) is 11.1. The number of carbonyl (C=O) groups excluding carboxylic acids is 2. The summed E-state index contributed by atoms with van der Waals surface area (Å²) in [6.07, 6.45) is 3.13. The number of H-pyrrole nitrogens is 1. The van der Waals surface area contributed by atoms with Gasteiger partial charge in [0.15, 0.2) is 0 Å². The molecule has 100 valence electrons. The Hall–Kier alpha value is -1.85. The highest BCUT2D eigenvalue weighted by molar-refractivity contribution is 5.86. The van der Waals surface area contributed by atoms with Gasteiger partial charge in [-0.25, -0.2) is 0 Å². The molecule has 0 aromatic carbocycles. The van der Waals surface area contributed by atoms with E-state index in [4.69, 9.17) is 0 Å². The van der Waals surface area contributed by atoms with Crippen molar-refractivity contribution in [3.8, 4) is 0 Å². The number of rotatable bonds is 6. The van der Waals surface area contributed by atoms with Crippen molar-refractivity contribution in [2.75, 3.05) is 7.05 Å². The van der Waals surface area contributed by atoms with Crippen LogP contribution >= 0.6 is 0 Å². The molecule has 1 heterocycles. The molecule has 0 fully saturated rings. The summed E-state index contributed by atoms with van der Waals surface area (Å²) in [6.45, 7) is 3.86. The maximum atomic E-state index is 12.2. The van der Waals surface area contributed by atoms with Crippen LogP contribution in [-0.2, 0) is 16.1 Å². The van der Waals surface area contributed by atoms with Gasteiger partial charge in [-0.3, -0.25) is 14.7 Å². The van der Waals surface area contributed by atoms with Gasteiger partial charge in [-0.1, -0.05) is 13.3 Å². The number of hydrogen-bond donors (Lipinski definition) is 2. The molecule has 2 N–H and O–H groups in total. The maximum absolute atomic E-state index is 12.2. The van der Waals surface area contributed by atoms with Crippen LogP contribution in [-0.4, -0.2) is 40.0 Å². The summed E-state index contributed by atoms with van der Waals surface area (Å²) in [4.78, 5) is 24.8. The van der Waals surface area contributed by atoms with Crippen LogP contribution in [0.5, 0.6) is 0 Å². The van der Waals surface area contributed by atoms with Gasteiger partial charge in [0.1, 0.15) is 6.04 Å². The lowest BCUT2D eigenvalue weighted by atomic mass is 10.1. The monoisotopic (exact) mass is 252 g/mol. The Morgan fingerprint density at radius 1 is 1.56 bits per heavy atom. The molecule has 0 bridgehead atoms. The van der Waals surface area contributed by atoms with E-state index in [0.29, 0.717) is 13.0 Å². The highest BCUT2D eigenvalue weighted by Crippen LogP contribution is 2.05. The van der Waals surface area contributed by atoms with Crippen LogP contribution in [0.3, 0.4) is 0 Å². The highest BCUT2D eigenvalue weighted by Gasteiger charge is 2.22. The number of nitrogens with one attached hydrogen (secondary N) is 2. The number of carbonyl (C=O) groups is 2. The Morgan fingerprint density at radius 3 is 2.78 bits per heavy atom. The lowest BCUT2D eigenvalue weighted by Gasteiger charge is -2.23. The van der Waals surface area contributed by atoms with Gasteiger partial charge in [-0.2, -0.15) is 5.10 Å². The topological polar surface area (TPSA) is 78.1 Å². The molecule has 18 heavy (non-hydrogen) atoms. The molecule has 0 unspecified atom stereocenters. The van der Waals surface area contributed by atoms with Crippen LogP contribution in [0.25, 0.3) is 0 Å². The first-order valence-corrected chi connectivity index (χ1v) is 6.05. The zero-order valence-corrected chi connectivity index (χ0v) is 11.1. The molecule has 0 aliphatic carbocycles. The Bertz CT molecular complexity index is 389.